The van der Waals surface area contributed by atoms with Crippen molar-refractivity contribution >= 4 is 17.7 Å². The van der Waals surface area contributed by atoms with Crippen LogP contribution < -0.4 is 0 Å². The summed E-state index contributed by atoms with van der Waals surface area (Å²) < 4.78 is 10.9. The summed E-state index contributed by atoms with van der Waals surface area (Å²) in [5, 5.41) is 9.08. The van der Waals surface area contributed by atoms with Crippen LogP contribution in [-0.4, -0.2) is 36.3 Å². The van der Waals surface area contributed by atoms with E-state index in [4.69, 9.17) is 14.6 Å². The molecule has 19 heavy (non-hydrogen) atoms. The van der Waals surface area contributed by atoms with Crippen LogP contribution in [0, 0.1) is 0 Å². The van der Waals surface area contributed by atoms with Gasteiger partial charge >= 0.3 is 5.97 Å². The Bertz CT molecular complexity index is 389. The molecule has 1 aromatic rings. The van der Waals surface area contributed by atoms with Gasteiger partial charge in [-0.05, 0) is 26.0 Å². The molecule has 0 fully saturated rings. The summed E-state index contributed by atoms with van der Waals surface area (Å²) >= 11 is 1.51. The number of carboxylic acids is 1. The molecule has 0 spiro atoms. The van der Waals surface area contributed by atoms with Crippen LogP contribution in [0.5, 0.6) is 0 Å². The molecule has 5 heteroatoms. The fourth-order valence-corrected chi connectivity index (χ4v) is 2.64. The first kappa shape index (κ1) is 16.0. The summed E-state index contributed by atoms with van der Waals surface area (Å²) in [7, 11) is 0. The number of thioether (sulfide) groups is 1. The van der Waals surface area contributed by atoms with Crippen LogP contribution in [0.15, 0.2) is 29.2 Å². The summed E-state index contributed by atoms with van der Waals surface area (Å²) in [6, 6.07) is 7.02. The molecule has 0 saturated heterocycles. The Balaban J connectivity index is 2.50. The van der Waals surface area contributed by atoms with Gasteiger partial charge in [-0.15, -0.1) is 11.8 Å². The zero-order valence-corrected chi connectivity index (χ0v) is 12.1. The average Bonchev–Trinajstić information content (AvgIpc) is 2.39. The number of hydrogen-bond acceptors (Lipinski definition) is 4. The van der Waals surface area contributed by atoms with Gasteiger partial charge in [-0.2, -0.15) is 0 Å². The zero-order valence-electron chi connectivity index (χ0n) is 11.3. The van der Waals surface area contributed by atoms with Crippen molar-refractivity contribution in [3.05, 3.63) is 29.8 Å². The Morgan fingerprint density at radius 3 is 2.47 bits per heavy atom. The fraction of sp³-hybridized carbons (Fsp3) is 0.500. The van der Waals surface area contributed by atoms with Gasteiger partial charge in [0.15, 0.2) is 6.29 Å². The standard InChI is InChI=1S/C14H20O4S/c1-3-17-13(18-4-2)9-10-19-12-8-6-5-7-11(12)14(15)16/h5-8,13H,3-4,9-10H2,1-2H3,(H,15,16). The van der Waals surface area contributed by atoms with Crippen LogP contribution in [0.2, 0.25) is 0 Å². The summed E-state index contributed by atoms with van der Waals surface area (Å²) in [6.07, 6.45) is 0.528. The number of carbonyl (C=O) groups is 1. The smallest absolute Gasteiger partial charge is 0.336 e. The Morgan fingerprint density at radius 2 is 1.89 bits per heavy atom. The summed E-state index contributed by atoms with van der Waals surface area (Å²) in [4.78, 5) is 11.8. The van der Waals surface area contributed by atoms with Gasteiger partial charge in [0.05, 0.1) is 5.56 Å². The van der Waals surface area contributed by atoms with Crippen LogP contribution in [-0.2, 0) is 9.47 Å². The van der Waals surface area contributed by atoms with Gasteiger partial charge in [0.2, 0.25) is 0 Å². The maximum Gasteiger partial charge on any atom is 0.336 e. The highest BCUT2D eigenvalue weighted by atomic mass is 32.2. The topological polar surface area (TPSA) is 55.8 Å². The van der Waals surface area contributed by atoms with E-state index >= 15 is 0 Å². The summed E-state index contributed by atoms with van der Waals surface area (Å²) in [5.41, 5.74) is 0.344. The molecule has 1 N–H and O–H groups in total. The van der Waals surface area contributed by atoms with Crippen molar-refractivity contribution in [1.29, 1.82) is 0 Å². The second-order valence-corrected chi connectivity index (χ2v) is 4.92. The van der Waals surface area contributed by atoms with E-state index in [0.717, 1.165) is 17.1 Å². The van der Waals surface area contributed by atoms with E-state index < -0.39 is 5.97 Å². The Labute approximate surface area is 118 Å². The largest absolute Gasteiger partial charge is 0.478 e. The molecule has 0 unspecified atom stereocenters. The van der Waals surface area contributed by atoms with Crippen LogP contribution in [0.25, 0.3) is 0 Å². The van der Waals surface area contributed by atoms with E-state index in [-0.39, 0.29) is 6.29 Å². The van der Waals surface area contributed by atoms with Gasteiger partial charge in [-0.1, -0.05) is 12.1 Å². The molecular formula is C14H20O4S. The van der Waals surface area contributed by atoms with E-state index in [1.54, 1.807) is 12.1 Å². The van der Waals surface area contributed by atoms with Crippen LogP contribution in [0.1, 0.15) is 30.6 Å². The van der Waals surface area contributed by atoms with Crippen LogP contribution >= 0.6 is 11.8 Å². The first-order chi connectivity index (χ1) is 9.19. The molecule has 0 radical (unpaired) electrons. The Kier molecular flexibility index (Phi) is 7.55. The third kappa shape index (κ3) is 5.63. The average molecular weight is 284 g/mol. The quantitative estimate of drug-likeness (QED) is 0.557. The van der Waals surface area contributed by atoms with Crippen molar-refractivity contribution in [2.45, 2.75) is 31.5 Å². The summed E-state index contributed by atoms with van der Waals surface area (Å²) in [6.45, 7) is 5.08. The molecule has 0 atom stereocenters. The van der Waals surface area contributed by atoms with Gasteiger partial charge in [0, 0.05) is 30.3 Å². The van der Waals surface area contributed by atoms with Crippen molar-refractivity contribution in [1.82, 2.24) is 0 Å². The fourth-order valence-electron chi connectivity index (χ4n) is 1.62. The SMILES string of the molecule is CCOC(CCSc1ccccc1C(=O)O)OCC. The minimum Gasteiger partial charge on any atom is -0.478 e. The zero-order chi connectivity index (χ0) is 14.1. The first-order valence-corrected chi connectivity index (χ1v) is 7.35. The lowest BCUT2D eigenvalue weighted by Crippen LogP contribution is -2.18. The van der Waals surface area contributed by atoms with E-state index in [0.29, 0.717) is 18.8 Å². The molecule has 0 amide bonds. The van der Waals surface area contributed by atoms with E-state index in [2.05, 4.69) is 0 Å². The second kappa shape index (κ2) is 8.96. The van der Waals surface area contributed by atoms with Crippen molar-refractivity contribution in [3.63, 3.8) is 0 Å². The maximum atomic E-state index is 11.1. The van der Waals surface area contributed by atoms with Crippen molar-refractivity contribution in [2.24, 2.45) is 0 Å². The number of ether oxygens (including phenoxy) is 2. The van der Waals surface area contributed by atoms with E-state index in [9.17, 15) is 4.79 Å². The molecule has 106 valence electrons. The Morgan fingerprint density at radius 1 is 1.26 bits per heavy atom. The molecule has 0 aliphatic carbocycles. The van der Waals surface area contributed by atoms with Gasteiger partial charge in [-0.3, -0.25) is 0 Å². The minimum atomic E-state index is -0.894. The molecule has 0 bridgehead atoms. The number of aromatic carboxylic acids is 1. The van der Waals surface area contributed by atoms with Gasteiger partial charge in [0.25, 0.3) is 0 Å². The first-order valence-electron chi connectivity index (χ1n) is 6.37. The lowest BCUT2D eigenvalue weighted by atomic mass is 10.2. The van der Waals surface area contributed by atoms with Crippen LogP contribution in [0.4, 0.5) is 0 Å². The number of carboxylic acid groups (broad SMARTS) is 1. The van der Waals surface area contributed by atoms with Gasteiger partial charge in [0.1, 0.15) is 0 Å². The normalized spacial score (nSPS) is 10.9. The predicted molar refractivity (Wildman–Crippen MR) is 75.8 cm³/mol. The highest BCUT2D eigenvalue weighted by molar-refractivity contribution is 7.99. The number of hydrogen-bond donors (Lipinski definition) is 1. The van der Waals surface area contributed by atoms with Crippen LogP contribution in [0.3, 0.4) is 0 Å². The van der Waals surface area contributed by atoms with E-state index in [1.165, 1.54) is 11.8 Å². The monoisotopic (exact) mass is 284 g/mol. The molecule has 0 aromatic heterocycles. The molecule has 0 aliphatic rings. The lowest BCUT2D eigenvalue weighted by Gasteiger charge is -2.16. The Hall–Kier alpha value is -1.04. The van der Waals surface area contributed by atoms with Crippen molar-refractivity contribution < 1.29 is 19.4 Å². The molecule has 0 saturated carbocycles. The number of benzene rings is 1. The summed E-state index contributed by atoms with van der Waals surface area (Å²) in [5.74, 6) is -0.135. The molecule has 1 rings (SSSR count). The van der Waals surface area contributed by atoms with Crippen molar-refractivity contribution in [2.75, 3.05) is 19.0 Å². The number of rotatable bonds is 9. The molecule has 4 nitrogen and oxygen atoms in total. The second-order valence-electron chi connectivity index (χ2n) is 3.78. The maximum absolute atomic E-state index is 11.1. The molecule has 1 aromatic carbocycles. The van der Waals surface area contributed by atoms with Gasteiger partial charge in [-0.25, -0.2) is 4.79 Å². The highest BCUT2D eigenvalue weighted by Gasteiger charge is 2.11. The third-order valence-corrected chi connectivity index (χ3v) is 3.54. The minimum absolute atomic E-state index is 0.209. The molecule has 0 aliphatic heterocycles. The lowest BCUT2D eigenvalue weighted by molar-refractivity contribution is -0.136. The molecule has 0 heterocycles. The molecular weight excluding hydrogens is 264 g/mol. The third-order valence-electron chi connectivity index (χ3n) is 2.43. The highest BCUT2D eigenvalue weighted by Crippen LogP contribution is 2.24. The van der Waals surface area contributed by atoms with Gasteiger partial charge < -0.3 is 14.6 Å². The predicted octanol–water partition coefficient (Wildman–Crippen LogP) is 3.27. The van der Waals surface area contributed by atoms with Crippen molar-refractivity contribution in [3.8, 4) is 0 Å². The van der Waals surface area contributed by atoms with E-state index in [1.807, 2.05) is 26.0 Å².